The maximum Gasteiger partial charge on any atom is 0.244 e. The molecule has 0 atom stereocenters. The van der Waals surface area contributed by atoms with Gasteiger partial charge in [-0.3, -0.25) is 9.78 Å². The van der Waals surface area contributed by atoms with Gasteiger partial charge in [0.15, 0.2) is 0 Å². The van der Waals surface area contributed by atoms with Crippen LogP contribution < -0.4 is 11.1 Å². The van der Waals surface area contributed by atoms with Crippen LogP contribution in [0.1, 0.15) is 13.8 Å². The smallest absolute Gasteiger partial charge is 0.244 e. The summed E-state index contributed by atoms with van der Waals surface area (Å²) in [5, 5.41) is 2.59. The van der Waals surface area contributed by atoms with E-state index in [-0.39, 0.29) is 18.0 Å². The zero-order chi connectivity index (χ0) is 15.4. The fourth-order valence-electron chi connectivity index (χ4n) is 1.35. The monoisotopic (exact) mass is 300 g/mol. The Morgan fingerprint density at radius 1 is 1.50 bits per heavy atom. The van der Waals surface area contributed by atoms with Gasteiger partial charge in [0, 0.05) is 31.5 Å². The van der Waals surface area contributed by atoms with Gasteiger partial charge in [0.25, 0.3) is 0 Å². The molecule has 1 rings (SSSR count). The molecule has 0 fully saturated rings. The summed E-state index contributed by atoms with van der Waals surface area (Å²) in [5.41, 5.74) is 5.19. The number of pyridine rings is 1. The van der Waals surface area contributed by atoms with Gasteiger partial charge >= 0.3 is 0 Å². The lowest BCUT2D eigenvalue weighted by molar-refractivity contribution is -0.121. The highest BCUT2D eigenvalue weighted by Crippen LogP contribution is 2.11. The van der Waals surface area contributed by atoms with Crippen molar-refractivity contribution in [3.05, 3.63) is 24.5 Å². The summed E-state index contributed by atoms with van der Waals surface area (Å²) >= 11 is 0. The van der Waals surface area contributed by atoms with Gasteiger partial charge < -0.3 is 11.1 Å². The zero-order valence-corrected chi connectivity index (χ0v) is 12.6. The van der Waals surface area contributed by atoms with E-state index in [2.05, 4.69) is 10.3 Å². The minimum absolute atomic E-state index is 0.0504. The molecule has 0 saturated heterocycles. The Bertz CT molecular complexity index is 552. The van der Waals surface area contributed by atoms with Gasteiger partial charge in [-0.1, -0.05) is 0 Å². The second kappa shape index (κ2) is 6.29. The number of sulfonamides is 1. The third kappa shape index (κ3) is 4.87. The van der Waals surface area contributed by atoms with Gasteiger partial charge in [-0.25, -0.2) is 8.42 Å². The first-order valence-electron chi connectivity index (χ1n) is 6.05. The molecule has 0 aliphatic heterocycles. The van der Waals surface area contributed by atoms with Crippen molar-refractivity contribution in [2.75, 3.05) is 20.1 Å². The summed E-state index contributed by atoms with van der Waals surface area (Å²) in [6.07, 6.45) is 2.72. The topological polar surface area (TPSA) is 105 Å². The number of rotatable bonds is 6. The quantitative estimate of drug-likeness (QED) is 0.740. The number of amides is 1. The average molecular weight is 300 g/mol. The van der Waals surface area contributed by atoms with Crippen LogP contribution in [0.15, 0.2) is 29.4 Å². The molecule has 0 saturated carbocycles. The fourth-order valence-corrected chi connectivity index (χ4v) is 2.44. The Morgan fingerprint density at radius 3 is 2.65 bits per heavy atom. The van der Waals surface area contributed by atoms with Crippen LogP contribution in [0.5, 0.6) is 0 Å². The van der Waals surface area contributed by atoms with Crippen molar-refractivity contribution in [2.45, 2.75) is 24.3 Å². The number of nitrogens with two attached hydrogens (primary N) is 1. The van der Waals surface area contributed by atoms with Gasteiger partial charge in [0.1, 0.15) is 4.90 Å². The van der Waals surface area contributed by atoms with Crippen LogP contribution >= 0.6 is 0 Å². The second-order valence-electron chi connectivity index (χ2n) is 5.22. The molecule has 0 bridgehead atoms. The van der Waals surface area contributed by atoms with Gasteiger partial charge in [-0.05, 0) is 26.0 Å². The molecule has 1 amide bonds. The Morgan fingerprint density at radius 2 is 2.15 bits per heavy atom. The number of aromatic nitrogens is 1. The summed E-state index contributed by atoms with van der Waals surface area (Å²) < 4.78 is 25.3. The van der Waals surface area contributed by atoms with Crippen molar-refractivity contribution in [1.82, 2.24) is 14.6 Å². The van der Waals surface area contributed by atoms with Crippen LogP contribution in [0.2, 0.25) is 0 Å². The first-order chi connectivity index (χ1) is 9.13. The van der Waals surface area contributed by atoms with E-state index in [1.807, 2.05) is 0 Å². The Labute approximate surface area is 119 Å². The van der Waals surface area contributed by atoms with E-state index in [0.717, 1.165) is 4.31 Å². The lowest BCUT2D eigenvalue weighted by Crippen LogP contribution is -2.47. The minimum Gasteiger partial charge on any atom is -0.353 e. The lowest BCUT2D eigenvalue weighted by atomic mass is 10.1. The van der Waals surface area contributed by atoms with Gasteiger partial charge in [0.05, 0.1) is 6.54 Å². The number of hydrogen-bond acceptors (Lipinski definition) is 5. The molecule has 112 valence electrons. The van der Waals surface area contributed by atoms with Crippen LogP contribution in [-0.2, 0) is 14.8 Å². The van der Waals surface area contributed by atoms with Crippen LogP contribution in [0.25, 0.3) is 0 Å². The van der Waals surface area contributed by atoms with Crippen LogP contribution in [0.4, 0.5) is 0 Å². The van der Waals surface area contributed by atoms with E-state index in [0.29, 0.717) is 0 Å². The maximum absolute atomic E-state index is 12.2. The van der Waals surface area contributed by atoms with Gasteiger partial charge in [-0.2, -0.15) is 4.31 Å². The minimum atomic E-state index is -3.71. The Hall–Kier alpha value is -1.51. The molecule has 1 aromatic heterocycles. The molecule has 3 N–H and O–H groups in total. The molecule has 0 radical (unpaired) electrons. The van der Waals surface area contributed by atoms with Crippen molar-refractivity contribution in [1.29, 1.82) is 0 Å². The molecule has 0 aliphatic rings. The fraction of sp³-hybridized carbons (Fsp3) is 0.500. The molecule has 20 heavy (non-hydrogen) atoms. The summed E-state index contributed by atoms with van der Waals surface area (Å²) in [6, 6.07) is 2.96. The molecule has 0 aromatic carbocycles. The molecule has 8 heteroatoms. The number of likely N-dealkylation sites (N-methyl/N-ethyl adjacent to an activating group) is 1. The molecule has 7 nitrogen and oxygen atoms in total. The van der Waals surface area contributed by atoms with E-state index in [4.69, 9.17) is 5.73 Å². The van der Waals surface area contributed by atoms with Crippen molar-refractivity contribution < 1.29 is 13.2 Å². The Kier molecular flexibility index (Phi) is 5.21. The molecule has 1 heterocycles. The highest BCUT2D eigenvalue weighted by atomic mass is 32.2. The number of carbonyl (C=O) groups is 1. The molecule has 1 aromatic rings. The summed E-state index contributed by atoms with van der Waals surface area (Å²) in [7, 11) is -2.37. The second-order valence-corrected chi connectivity index (χ2v) is 7.26. The number of hydrogen-bond donors (Lipinski definition) is 2. The van der Waals surface area contributed by atoms with E-state index >= 15 is 0 Å². The van der Waals surface area contributed by atoms with E-state index < -0.39 is 21.5 Å². The summed E-state index contributed by atoms with van der Waals surface area (Å²) in [5.74, 6) is -0.404. The van der Waals surface area contributed by atoms with Crippen molar-refractivity contribution >= 4 is 15.9 Å². The normalized spacial score (nSPS) is 12.4. The standard InChI is InChI=1S/C12H20N4O3S/c1-12(2,13)9-15-11(17)8-16(3)20(18,19)10-5-4-6-14-7-10/h4-7H,8-9,13H2,1-3H3,(H,15,17). The Balaban J connectivity index is 2.67. The van der Waals surface area contributed by atoms with E-state index in [1.54, 1.807) is 13.8 Å². The van der Waals surface area contributed by atoms with E-state index in [1.165, 1.54) is 31.6 Å². The van der Waals surface area contributed by atoms with Crippen molar-refractivity contribution in [2.24, 2.45) is 5.73 Å². The average Bonchev–Trinajstić information content (AvgIpc) is 2.36. The number of carbonyl (C=O) groups excluding carboxylic acids is 1. The van der Waals surface area contributed by atoms with Crippen LogP contribution in [0.3, 0.4) is 0 Å². The van der Waals surface area contributed by atoms with Crippen LogP contribution in [-0.4, -0.2) is 49.3 Å². The van der Waals surface area contributed by atoms with E-state index in [9.17, 15) is 13.2 Å². The largest absolute Gasteiger partial charge is 0.353 e. The molecule has 0 aliphatic carbocycles. The van der Waals surface area contributed by atoms with Gasteiger partial charge in [-0.15, -0.1) is 0 Å². The molecular formula is C12H20N4O3S. The predicted molar refractivity (Wildman–Crippen MR) is 75.3 cm³/mol. The third-order valence-corrected chi connectivity index (χ3v) is 4.24. The zero-order valence-electron chi connectivity index (χ0n) is 11.8. The molecular weight excluding hydrogens is 280 g/mol. The first kappa shape index (κ1) is 16.5. The highest BCUT2D eigenvalue weighted by Gasteiger charge is 2.23. The third-order valence-electron chi connectivity index (χ3n) is 2.45. The molecule has 0 unspecified atom stereocenters. The SMILES string of the molecule is CN(CC(=O)NCC(C)(C)N)S(=O)(=O)c1cccnc1. The summed E-state index contributed by atoms with van der Waals surface area (Å²) in [6.45, 7) is 3.53. The molecule has 0 spiro atoms. The first-order valence-corrected chi connectivity index (χ1v) is 7.49. The lowest BCUT2D eigenvalue weighted by Gasteiger charge is -2.21. The van der Waals surface area contributed by atoms with Crippen molar-refractivity contribution in [3.63, 3.8) is 0 Å². The van der Waals surface area contributed by atoms with Crippen molar-refractivity contribution in [3.8, 4) is 0 Å². The summed E-state index contributed by atoms with van der Waals surface area (Å²) in [4.78, 5) is 15.5. The number of nitrogens with zero attached hydrogens (tertiary/aromatic N) is 2. The predicted octanol–water partition coefficient (Wildman–Crippen LogP) is -0.444. The van der Waals surface area contributed by atoms with Crippen LogP contribution in [0, 0.1) is 0 Å². The van der Waals surface area contributed by atoms with Gasteiger partial charge in [0.2, 0.25) is 15.9 Å². The highest BCUT2D eigenvalue weighted by molar-refractivity contribution is 7.89. The maximum atomic E-state index is 12.2. The number of nitrogens with one attached hydrogen (secondary N) is 1.